The standard InChI is InChI=1S/C13H22N2O4/c1-9(15-10(2)16)11(17)14-8-13(12(18)19)6-4-3-5-7-13/h9H,3-8H2,1-2H3,(H,14,17)(H,15,16)(H,18,19). The molecule has 108 valence electrons. The second-order valence-corrected chi connectivity index (χ2v) is 5.29. The lowest BCUT2D eigenvalue weighted by molar-refractivity contribution is -0.151. The van der Waals surface area contributed by atoms with Crippen LogP contribution in [-0.4, -0.2) is 35.5 Å². The number of aliphatic carboxylic acids is 1. The summed E-state index contributed by atoms with van der Waals surface area (Å²) in [7, 11) is 0. The van der Waals surface area contributed by atoms with Crippen molar-refractivity contribution in [2.75, 3.05) is 6.54 Å². The van der Waals surface area contributed by atoms with E-state index in [0.29, 0.717) is 12.8 Å². The third kappa shape index (κ3) is 4.22. The van der Waals surface area contributed by atoms with Gasteiger partial charge in [-0.3, -0.25) is 14.4 Å². The molecule has 6 heteroatoms. The van der Waals surface area contributed by atoms with Gasteiger partial charge in [0.2, 0.25) is 11.8 Å². The van der Waals surface area contributed by atoms with E-state index < -0.39 is 17.4 Å². The van der Waals surface area contributed by atoms with Gasteiger partial charge in [0.1, 0.15) is 6.04 Å². The summed E-state index contributed by atoms with van der Waals surface area (Å²) < 4.78 is 0. The van der Waals surface area contributed by atoms with Crippen molar-refractivity contribution in [3.05, 3.63) is 0 Å². The topological polar surface area (TPSA) is 95.5 Å². The van der Waals surface area contributed by atoms with Crippen LogP contribution in [0.1, 0.15) is 46.0 Å². The van der Waals surface area contributed by atoms with Crippen molar-refractivity contribution in [2.24, 2.45) is 5.41 Å². The Morgan fingerprint density at radius 1 is 1.21 bits per heavy atom. The van der Waals surface area contributed by atoms with Crippen LogP contribution in [0.15, 0.2) is 0 Å². The van der Waals surface area contributed by atoms with E-state index in [0.717, 1.165) is 19.3 Å². The van der Waals surface area contributed by atoms with Crippen LogP contribution in [0.3, 0.4) is 0 Å². The smallest absolute Gasteiger partial charge is 0.311 e. The number of carboxylic acid groups (broad SMARTS) is 1. The molecule has 1 atom stereocenters. The highest BCUT2D eigenvalue weighted by Gasteiger charge is 2.40. The van der Waals surface area contributed by atoms with Gasteiger partial charge in [-0.2, -0.15) is 0 Å². The quantitative estimate of drug-likeness (QED) is 0.684. The van der Waals surface area contributed by atoms with Gasteiger partial charge in [0.15, 0.2) is 0 Å². The van der Waals surface area contributed by atoms with Crippen LogP contribution in [0.2, 0.25) is 0 Å². The summed E-state index contributed by atoms with van der Waals surface area (Å²) in [5.41, 5.74) is -0.843. The van der Waals surface area contributed by atoms with E-state index in [1.165, 1.54) is 6.92 Å². The fourth-order valence-corrected chi connectivity index (χ4v) is 2.47. The molecule has 0 heterocycles. The minimum atomic E-state index is -0.848. The van der Waals surface area contributed by atoms with Crippen LogP contribution < -0.4 is 10.6 Å². The zero-order valence-corrected chi connectivity index (χ0v) is 11.5. The largest absolute Gasteiger partial charge is 0.481 e. The van der Waals surface area contributed by atoms with Crippen LogP contribution in [0, 0.1) is 5.41 Å². The molecular formula is C13H22N2O4. The van der Waals surface area contributed by atoms with Crippen molar-refractivity contribution < 1.29 is 19.5 Å². The zero-order valence-electron chi connectivity index (χ0n) is 11.5. The predicted molar refractivity (Wildman–Crippen MR) is 69.4 cm³/mol. The van der Waals surface area contributed by atoms with E-state index in [9.17, 15) is 19.5 Å². The predicted octanol–water partition coefficient (Wildman–Crippen LogP) is 0.662. The lowest BCUT2D eigenvalue weighted by Crippen LogP contribution is -2.49. The number of rotatable bonds is 5. The summed E-state index contributed by atoms with van der Waals surface area (Å²) >= 11 is 0. The second kappa shape index (κ2) is 6.54. The highest BCUT2D eigenvalue weighted by molar-refractivity contribution is 5.87. The van der Waals surface area contributed by atoms with Gasteiger partial charge in [0, 0.05) is 13.5 Å². The van der Waals surface area contributed by atoms with Gasteiger partial charge in [0.05, 0.1) is 5.41 Å². The first-order chi connectivity index (χ1) is 8.87. The Bertz CT molecular complexity index is 362. The maximum Gasteiger partial charge on any atom is 0.311 e. The molecule has 0 radical (unpaired) electrons. The van der Waals surface area contributed by atoms with E-state index in [1.807, 2.05) is 0 Å². The molecule has 1 unspecified atom stereocenters. The Morgan fingerprint density at radius 3 is 2.26 bits per heavy atom. The summed E-state index contributed by atoms with van der Waals surface area (Å²) in [4.78, 5) is 34.0. The SMILES string of the molecule is CC(=O)NC(C)C(=O)NCC1(C(=O)O)CCCCC1. The Hall–Kier alpha value is -1.59. The zero-order chi connectivity index (χ0) is 14.5. The monoisotopic (exact) mass is 270 g/mol. The van der Waals surface area contributed by atoms with Crippen LogP contribution >= 0.6 is 0 Å². The first-order valence-electron chi connectivity index (χ1n) is 6.65. The summed E-state index contributed by atoms with van der Waals surface area (Å²) in [6.07, 6.45) is 3.99. The minimum Gasteiger partial charge on any atom is -0.481 e. The molecule has 19 heavy (non-hydrogen) atoms. The average Bonchev–Trinajstić information content (AvgIpc) is 2.36. The fourth-order valence-electron chi connectivity index (χ4n) is 2.47. The molecule has 2 amide bonds. The Kier molecular flexibility index (Phi) is 5.32. The molecule has 0 spiro atoms. The first-order valence-corrected chi connectivity index (χ1v) is 6.65. The number of carbonyl (C=O) groups is 3. The van der Waals surface area contributed by atoms with Crippen molar-refractivity contribution in [1.82, 2.24) is 10.6 Å². The van der Waals surface area contributed by atoms with Gasteiger partial charge in [-0.05, 0) is 19.8 Å². The van der Waals surface area contributed by atoms with Crippen molar-refractivity contribution >= 4 is 17.8 Å². The number of hydrogen-bond donors (Lipinski definition) is 3. The molecule has 0 saturated heterocycles. The molecule has 1 aliphatic carbocycles. The van der Waals surface area contributed by atoms with Crippen LogP contribution in [0.5, 0.6) is 0 Å². The van der Waals surface area contributed by atoms with Gasteiger partial charge in [-0.15, -0.1) is 0 Å². The highest BCUT2D eigenvalue weighted by atomic mass is 16.4. The molecule has 1 aliphatic rings. The number of carbonyl (C=O) groups excluding carboxylic acids is 2. The van der Waals surface area contributed by atoms with E-state index in [-0.39, 0.29) is 18.4 Å². The summed E-state index contributed by atoms with van der Waals surface area (Å²) in [6, 6.07) is -0.646. The van der Waals surface area contributed by atoms with Crippen LogP contribution in [0.4, 0.5) is 0 Å². The van der Waals surface area contributed by atoms with Crippen molar-refractivity contribution in [2.45, 2.75) is 52.0 Å². The highest BCUT2D eigenvalue weighted by Crippen LogP contribution is 2.35. The number of hydrogen-bond acceptors (Lipinski definition) is 3. The maximum atomic E-state index is 11.8. The van der Waals surface area contributed by atoms with Gasteiger partial charge in [0.25, 0.3) is 0 Å². The molecule has 1 rings (SSSR count). The molecule has 1 saturated carbocycles. The third-order valence-electron chi connectivity index (χ3n) is 3.68. The van der Waals surface area contributed by atoms with E-state index >= 15 is 0 Å². The Balaban J connectivity index is 2.54. The molecule has 0 aliphatic heterocycles. The number of amides is 2. The van der Waals surface area contributed by atoms with E-state index in [4.69, 9.17) is 0 Å². The maximum absolute atomic E-state index is 11.8. The first kappa shape index (κ1) is 15.5. The molecule has 3 N–H and O–H groups in total. The summed E-state index contributed by atoms with van der Waals surface area (Å²) in [6.45, 7) is 3.04. The van der Waals surface area contributed by atoms with Crippen molar-refractivity contribution in [3.63, 3.8) is 0 Å². The van der Waals surface area contributed by atoms with Crippen LogP contribution in [-0.2, 0) is 14.4 Å². The van der Waals surface area contributed by atoms with Gasteiger partial charge < -0.3 is 15.7 Å². The molecule has 6 nitrogen and oxygen atoms in total. The summed E-state index contributed by atoms with van der Waals surface area (Å²) in [5.74, 6) is -1.48. The molecule has 0 aromatic rings. The Labute approximate surface area is 112 Å². The van der Waals surface area contributed by atoms with Crippen molar-refractivity contribution in [3.8, 4) is 0 Å². The van der Waals surface area contributed by atoms with Crippen LogP contribution in [0.25, 0.3) is 0 Å². The van der Waals surface area contributed by atoms with Crippen molar-refractivity contribution in [1.29, 1.82) is 0 Å². The second-order valence-electron chi connectivity index (χ2n) is 5.29. The van der Waals surface area contributed by atoms with Gasteiger partial charge >= 0.3 is 5.97 Å². The molecule has 0 bridgehead atoms. The lowest BCUT2D eigenvalue weighted by Gasteiger charge is -2.33. The average molecular weight is 270 g/mol. The van der Waals surface area contributed by atoms with E-state index in [2.05, 4.69) is 10.6 Å². The minimum absolute atomic E-state index is 0.130. The fraction of sp³-hybridized carbons (Fsp3) is 0.769. The van der Waals surface area contributed by atoms with E-state index in [1.54, 1.807) is 6.92 Å². The number of carboxylic acids is 1. The third-order valence-corrected chi connectivity index (χ3v) is 3.68. The molecule has 0 aromatic heterocycles. The summed E-state index contributed by atoms with van der Waals surface area (Å²) in [5, 5.41) is 14.5. The number of nitrogens with one attached hydrogen (secondary N) is 2. The molecular weight excluding hydrogens is 248 g/mol. The van der Waals surface area contributed by atoms with Gasteiger partial charge in [-0.1, -0.05) is 19.3 Å². The van der Waals surface area contributed by atoms with Gasteiger partial charge in [-0.25, -0.2) is 0 Å². The lowest BCUT2D eigenvalue weighted by atomic mass is 9.74. The molecule has 0 aromatic carbocycles. The normalized spacial score (nSPS) is 19.3. The Morgan fingerprint density at radius 2 is 1.79 bits per heavy atom. The molecule has 1 fully saturated rings.